The highest BCUT2D eigenvalue weighted by Gasteiger charge is 2.31. The second-order valence-corrected chi connectivity index (χ2v) is 7.50. The molecule has 4 nitrogen and oxygen atoms in total. The van der Waals surface area contributed by atoms with Gasteiger partial charge in [-0.25, -0.2) is 0 Å². The molecule has 1 heterocycles. The van der Waals surface area contributed by atoms with Gasteiger partial charge in [0.15, 0.2) is 0 Å². The minimum Gasteiger partial charge on any atom is -0.364 e. The Kier molecular flexibility index (Phi) is 7.19. The van der Waals surface area contributed by atoms with Gasteiger partial charge in [0.05, 0.1) is 13.2 Å². The zero-order valence-corrected chi connectivity index (χ0v) is 14.2. The van der Waals surface area contributed by atoms with Crippen molar-refractivity contribution in [2.24, 2.45) is 0 Å². The monoisotopic (exact) mass is 326 g/mol. The summed E-state index contributed by atoms with van der Waals surface area (Å²) in [6.45, 7) is 1.19. The number of ether oxygens (including phenoxy) is 2. The van der Waals surface area contributed by atoms with Crippen molar-refractivity contribution in [3.8, 4) is 0 Å². The van der Waals surface area contributed by atoms with E-state index in [0.717, 1.165) is 8.64 Å². The van der Waals surface area contributed by atoms with E-state index in [4.69, 9.17) is 33.9 Å². The molecule has 1 aliphatic rings. The minimum atomic E-state index is -0.114. The van der Waals surface area contributed by atoms with Crippen LogP contribution in [0.1, 0.15) is 0 Å². The van der Waals surface area contributed by atoms with Crippen molar-refractivity contribution in [2.45, 2.75) is 10.9 Å². The van der Waals surface area contributed by atoms with Gasteiger partial charge in [-0.3, -0.25) is 0 Å². The first-order valence-electron chi connectivity index (χ1n) is 5.41. The van der Waals surface area contributed by atoms with E-state index in [1.807, 2.05) is 38.0 Å². The number of thioether (sulfide) groups is 2. The van der Waals surface area contributed by atoms with Gasteiger partial charge in [0.25, 0.3) is 0 Å². The van der Waals surface area contributed by atoms with Crippen molar-refractivity contribution in [1.29, 1.82) is 0 Å². The predicted octanol–water partition coefficient (Wildman–Crippen LogP) is 1.84. The summed E-state index contributed by atoms with van der Waals surface area (Å²) in [5, 5.41) is 0. The van der Waals surface area contributed by atoms with Crippen LogP contribution in [0.25, 0.3) is 0 Å². The van der Waals surface area contributed by atoms with Crippen LogP contribution < -0.4 is 0 Å². The van der Waals surface area contributed by atoms with Gasteiger partial charge in [-0.15, -0.1) is 0 Å². The lowest BCUT2D eigenvalue weighted by atomic mass is 10.6. The fourth-order valence-corrected chi connectivity index (χ4v) is 3.50. The predicted molar refractivity (Wildman–Crippen MR) is 87.2 cm³/mol. The van der Waals surface area contributed by atoms with Crippen LogP contribution in [-0.2, 0) is 9.47 Å². The maximum Gasteiger partial charge on any atom is 0.145 e. The molecular formula is C10H18N2O2S4. The molecule has 0 aromatic carbocycles. The van der Waals surface area contributed by atoms with Crippen molar-refractivity contribution in [2.75, 3.05) is 41.4 Å². The van der Waals surface area contributed by atoms with Crippen LogP contribution in [0.3, 0.4) is 0 Å². The van der Waals surface area contributed by atoms with E-state index in [2.05, 4.69) is 0 Å². The topological polar surface area (TPSA) is 24.9 Å². The van der Waals surface area contributed by atoms with Gasteiger partial charge in [-0.2, -0.15) is 0 Å². The molecule has 0 aliphatic carbocycles. The molecule has 0 amide bonds. The van der Waals surface area contributed by atoms with Gasteiger partial charge in [0, 0.05) is 28.2 Å². The molecule has 0 saturated carbocycles. The highest BCUT2D eigenvalue weighted by atomic mass is 32.2. The number of rotatable bonds is 2. The molecule has 104 valence electrons. The summed E-state index contributed by atoms with van der Waals surface area (Å²) in [6.07, 6.45) is 0. The first kappa shape index (κ1) is 16.5. The summed E-state index contributed by atoms with van der Waals surface area (Å²) in [5.41, 5.74) is -0.229. The van der Waals surface area contributed by atoms with Gasteiger partial charge >= 0.3 is 0 Å². The molecule has 1 rings (SSSR count). The first-order chi connectivity index (χ1) is 8.41. The molecule has 1 aliphatic heterocycles. The Hall–Kier alpha value is 0.400. The van der Waals surface area contributed by atoms with E-state index in [0.29, 0.717) is 13.2 Å². The third-order valence-corrected chi connectivity index (χ3v) is 5.88. The average Bonchev–Trinajstić information content (AvgIpc) is 2.31. The molecule has 0 aromatic rings. The molecule has 0 aromatic heterocycles. The lowest BCUT2D eigenvalue weighted by Gasteiger charge is -2.32. The second-order valence-electron chi connectivity index (χ2n) is 4.03. The molecule has 8 heteroatoms. The second kappa shape index (κ2) is 7.86. The Morgan fingerprint density at radius 2 is 1.22 bits per heavy atom. The average molecular weight is 327 g/mol. The Morgan fingerprint density at radius 1 is 0.889 bits per heavy atom. The van der Waals surface area contributed by atoms with Gasteiger partial charge in [-0.05, 0) is 0 Å². The third-order valence-electron chi connectivity index (χ3n) is 2.03. The molecule has 0 radical (unpaired) electrons. The minimum absolute atomic E-state index is 0.114. The summed E-state index contributed by atoms with van der Waals surface area (Å²) < 4.78 is 13.0. The molecule has 1 fully saturated rings. The van der Waals surface area contributed by atoms with Crippen molar-refractivity contribution in [3.05, 3.63) is 0 Å². The molecule has 1 saturated heterocycles. The standard InChI is InChI=1S/C10H18N2O2S4/c1-11(2)9(15)17-7-8(14-6-5-13-7)18-10(16)12(3)4/h7-8H,5-6H2,1-4H3. The summed E-state index contributed by atoms with van der Waals surface area (Å²) in [7, 11) is 7.69. The highest BCUT2D eigenvalue weighted by Crippen LogP contribution is 2.31. The number of hydrogen-bond acceptors (Lipinski definition) is 6. The van der Waals surface area contributed by atoms with Crippen LogP contribution >= 0.6 is 48.0 Å². The number of nitrogens with zero attached hydrogens (tertiary/aromatic N) is 2. The zero-order valence-electron chi connectivity index (χ0n) is 10.9. The lowest BCUT2D eigenvalue weighted by Crippen LogP contribution is -2.37. The van der Waals surface area contributed by atoms with E-state index in [1.54, 1.807) is 0 Å². The van der Waals surface area contributed by atoms with E-state index < -0.39 is 0 Å². The number of hydrogen-bond donors (Lipinski definition) is 0. The van der Waals surface area contributed by atoms with E-state index in [1.165, 1.54) is 23.5 Å². The van der Waals surface area contributed by atoms with Crippen molar-refractivity contribution in [3.63, 3.8) is 0 Å². The maximum atomic E-state index is 5.72. The third kappa shape index (κ3) is 5.18. The fraction of sp³-hybridized carbons (Fsp3) is 0.800. The molecular weight excluding hydrogens is 308 g/mol. The van der Waals surface area contributed by atoms with Crippen LogP contribution in [0.2, 0.25) is 0 Å². The molecule has 0 bridgehead atoms. The summed E-state index contributed by atoms with van der Waals surface area (Å²) in [5.74, 6) is 0. The van der Waals surface area contributed by atoms with Crippen LogP contribution in [0.15, 0.2) is 0 Å². The van der Waals surface area contributed by atoms with Crippen LogP contribution in [0, 0.1) is 0 Å². The van der Waals surface area contributed by atoms with Gasteiger partial charge in [0.1, 0.15) is 19.5 Å². The van der Waals surface area contributed by atoms with Gasteiger partial charge < -0.3 is 19.3 Å². The van der Waals surface area contributed by atoms with Gasteiger partial charge in [0.2, 0.25) is 0 Å². The van der Waals surface area contributed by atoms with E-state index in [-0.39, 0.29) is 10.9 Å². The Bertz CT molecular complexity index is 282. The van der Waals surface area contributed by atoms with E-state index in [9.17, 15) is 0 Å². The van der Waals surface area contributed by atoms with Crippen molar-refractivity contribution in [1.82, 2.24) is 9.80 Å². The number of thiocarbonyl (C=S) groups is 2. The van der Waals surface area contributed by atoms with Crippen LogP contribution in [-0.4, -0.2) is 70.7 Å². The largest absolute Gasteiger partial charge is 0.364 e. The Balaban J connectivity index is 2.57. The first-order valence-corrected chi connectivity index (χ1v) is 7.98. The smallest absolute Gasteiger partial charge is 0.145 e. The van der Waals surface area contributed by atoms with Gasteiger partial charge in [-0.1, -0.05) is 48.0 Å². The van der Waals surface area contributed by atoms with Crippen molar-refractivity contribution >= 4 is 56.6 Å². The lowest BCUT2D eigenvalue weighted by molar-refractivity contribution is -0.0654. The van der Waals surface area contributed by atoms with E-state index >= 15 is 0 Å². The Morgan fingerprint density at radius 3 is 1.50 bits per heavy atom. The molecule has 2 atom stereocenters. The molecule has 2 unspecified atom stereocenters. The highest BCUT2D eigenvalue weighted by molar-refractivity contribution is 8.26. The maximum absolute atomic E-state index is 5.72. The van der Waals surface area contributed by atoms with Crippen LogP contribution in [0.4, 0.5) is 0 Å². The summed E-state index contributed by atoms with van der Waals surface area (Å²) in [6, 6.07) is 0. The quantitative estimate of drug-likeness (QED) is 0.709. The Labute approximate surface area is 128 Å². The summed E-state index contributed by atoms with van der Waals surface area (Å²) in [4.78, 5) is 3.79. The molecule has 18 heavy (non-hydrogen) atoms. The zero-order chi connectivity index (χ0) is 13.7. The van der Waals surface area contributed by atoms with Crippen molar-refractivity contribution < 1.29 is 9.47 Å². The molecule has 0 spiro atoms. The summed E-state index contributed by atoms with van der Waals surface area (Å²) >= 11 is 13.6. The van der Waals surface area contributed by atoms with Crippen LogP contribution in [0.5, 0.6) is 0 Å². The fourth-order valence-electron chi connectivity index (χ4n) is 1.07. The molecule has 0 N–H and O–H groups in total. The normalized spacial score (nSPS) is 23.6. The SMILES string of the molecule is CN(C)C(=S)SC1OCCOC1SC(=S)N(C)C.